The molecular formula is C15H19N3S. The topological polar surface area (TPSA) is 37.0 Å². The van der Waals surface area contributed by atoms with Crippen LogP contribution in [-0.2, 0) is 0 Å². The molecule has 0 radical (unpaired) electrons. The number of anilines is 1. The lowest BCUT2D eigenvalue weighted by molar-refractivity contribution is 0.500. The maximum atomic E-state index is 4.37. The van der Waals surface area contributed by atoms with E-state index in [9.17, 15) is 0 Å². The number of nitrogens with one attached hydrogen (secondary N) is 2. The normalized spacial score (nSPS) is 19.5. The Morgan fingerprint density at radius 2 is 2.37 bits per heavy atom. The summed E-state index contributed by atoms with van der Waals surface area (Å²) < 4.78 is 0. The third-order valence-corrected chi connectivity index (χ3v) is 4.66. The molecule has 0 amide bonds. The Morgan fingerprint density at radius 3 is 3.21 bits per heavy atom. The first-order valence-corrected chi connectivity index (χ1v) is 7.68. The summed E-state index contributed by atoms with van der Waals surface area (Å²) >= 11 is 1.72. The number of nitrogens with zero attached hydrogens (tertiary/aromatic N) is 1. The van der Waals surface area contributed by atoms with Crippen LogP contribution in [0, 0.1) is 0 Å². The van der Waals surface area contributed by atoms with Crippen LogP contribution in [0.4, 0.5) is 5.69 Å². The molecule has 100 valence electrons. The molecule has 0 saturated heterocycles. The predicted octanol–water partition coefficient (Wildman–Crippen LogP) is 3.39. The fraction of sp³-hybridized carbons (Fsp3) is 0.400. The van der Waals surface area contributed by atoms with E-state index < -0.39 is 0 Å². The summed E-state index contributed by atoms with van der Waals surface area (Å²) in [5.41, 5.74) is 2.73. The summed E-state index contributed by atoms with van der Waals surface area (Å²) in [5.74, 6) is 0.597. The summed E-state index contributed by atoms with van der Waals surface area (Å²) in [4.78, 5) is 4.37. The molecule has 2 unspecified atom stereocenters. The zero-order chi connectivity index (χ0) is 13.1. The van der Waals surface area contributed by atoms with E-state index in [0.29, 0.717) is 12.0 Å². The minimum absolute atomic E-state index is 0.335. The number of para-hydroxylation sites is 1. The number of rotatable bonds is 4. The van der Waals surface area contributed by atoms with Gasteiger partial charge in [0.15, 0.2) is 0 Å². The first kappa shape index (κ1) is 12.6. The first-order valence-electron chi connectivity index (χ1n) is 6.80. The zero-order valence-electron chi connectivity index (χ0n) is 11.1. The SMILES string of the molecule is CC(NCC1CCNc2ccccc21)c1nccs1. The van der Waals surface area contributed by atoms with Crippen molar-refractivity contribution in [1.29, 1.82) is 0 Å². The third kappa shape index (κ3) is 2.80. The fourth-order valence-corrected chi connectivity index (χ4v) is 3.29. The molecule has 3 nitrogen and oxygen atoms in total. The molecule has 3 rings (SSSR count). The minimum atomic E-state index is 0.335. The van der Waals surface area contributed by atoms with Crippen LogP contribution in [0.25, 0.3) is 0 Å². The van der Waals surface area contributed by atoms with Gasteiger partial charge in [-0.1, -0.05) is 18.2 Å². The second kappa shape index (κ2) is 5.72. The van der Waals surface area contributed by atoms with E-state index in [2.05, 4.69) is 46.8 Å². The molecule has 4 heteroatoms. The van der Waals surface area contributed by atoms with Gasteiger partial charge in [-0.2, -0.15) is 0 Å². The van der Waals surface area contributed by atoms with Crippen LogP contribution in [0.5, 0.6) is 0 Å². The monoisotopic (exact) mass is 273 g/mol. The average molecular weight is 273 g/mol. The Kier molecular flexibility index (Phi) is 3.80. The summed E-state index contributed by atoms with van der Waals surface area (Å²) in [5, 5.41) is 10.3. The molecule has 2 atom stereocenters. The van der Waals surface area contributed by atoms with Gasteiger partial charge in [0.05, 0.1) is 6.04 Å². The van der Waals surface area contributed by atoms with Gasteiger partial charge in [-0.25, -0.2) is 4.98 Å². The Bertz CT molecular complexity index is 524. The maximum Gasteiger partial charge on any atom is 0.109 e. The van der Waals surface area contributed by atoms with E-state index in [1.807, 2.05) is 11.6 Å². The molecule has 0 fully saturated rings. The minimum Gasteiger partial charge on any atom is -0.385 e. The van der Waals surface area contributed by atoms with Crippen LogP contribution in [0.3, 0.4) is 0 Å². The van der Waals surface area contributed by atoms with Crippen molar-refractivity contribution < 1.29 is 0 Å². The predicted molar refractivity (Wildman–Crippen MR) is 80.8 cm³/mol. The molecule has 0 aliphatic carbocycles. The molecule has 0 spiro atoms. The first-order chi connectivity index (χ1) is 9.34. The van der Waals surface area contributed by atoms with Gasteiger partial charge >= 0.3 is 0 Å². The Hall–Kier alpha value is -1.39. The second-order valence-electron chi connectivity index (χ2n) is 5.00. The highest BCUT2D eigenvalue weighted by Gasteiger charge is 2.20. The van der Waals surface area contributed by atoms with Crippen LogP contribution >= 0.6 is 11.3 Å². The molecule has 2 N–H and O–H groups in total. The number of aromatic nitrogens is 1. The van der Waals surface area contributed by atoms with E-state index >= 15 is 0 Å². The van der Waals surface area contributed by atoms with Crippen molar-refractivity contribution in [1.82, 2.24) is 10.3 Å². The van der Waals surface area contributed by atoms with Crippen LogP contribution in [0.15, 0.2) is 35.8 Å². The maximum absolute atomic E-state index is 4.37. The van der Waals surface area contributed by atoms with Gasteiger partial charge in [-0.3, -0.25) is 0 Å². The van der Waals surface area contributed by atoms with E-state index in [1.54, 1.807) is 11.3 Å². The summed E-state index contributed by atoms with van der Waals surface area (Å²) in [6.07, 6.45) is 3.06. The Labute approximate surface area is 118 Å². The van der Waals surface area contributed by atoms with E-state index in [-0.39, 0.29) is 0 Å². The molecule has 2 heterocycles. The van der Waals surface area contributed by atoms with Crippen LogP contribution in [0.1, 0.15) is 35.9 Å². The molecule has 1 aromatic carbocycles. The Balaban J connectivity index is 1.65. The van der Waals surface area contributed by atoms with Crippen molar-refractivity contribution >= 4 is 17.0 Å². The van der Waals surface area contributed by atoms with Gasteiger partial charge in [-0.15, -0.1) is 11.3 Å². The second-order valence-corrected chi connectivity index (χ2v) is 5.93. The van der Waals surface area contributed by atoms with E-state index in [1.165, 1.54) is 22.7 Å². The van der Waals surface area contributed by atoms with Gasteiger partial charge in [0.2, 0.25) is 0 Å². The van der Waals surface area contributed by atoms with Crippen LogP contribution < -0.4 is 10.6 Å². The molecule has 0 saturated carbocycles. The fourth-order valence-electron chi connectivity index (χ4n) is 2.62. The number of benzene rings is 1. The summed E-state index contributed by atoms with van der Waals surface area (Å²) in [6, 6.07) is 8.97. The lowest BCUT2D eigenvalue weighted by Crippen LogP contribution is -2.28. The van der Waals surface area contributed by atoms with Gasteiger partial charge in [0, 0.05) is 36.3 Å². The highest BCUT2D eigenvalue weighted by molar-refractivity contribution is 7.09. The lowest BCUT2D eigenvalue weighted by Gasteiger charge is -2.27. The lowest BCUT2D eigenvalue weighted by atomic mass is 9.91. The molecule has 0 bridgehead atoms. The molecule has 19 heavy (non-hydrogen) atoms. The summed E-state index contributed by atoms with van der Waals surface area (Å²) in [6.45, 7) is 4.26. The smallest absolute Gasteiger partial charge is 0.109 e. The molecular weight excluding hydrogens is 254 g/mol. The molecule has 2 aromatic rings. The van der Waals surface area contributed by atoms with Crippen LogP contribution in [0.2, 0.25) is 0 Å². The molecule has 1 aromatic heterocycles. The standard InChI is InChI=1S/C15H19N3S/c1-11(15-17-8-9-19-15)18-10-12-6-7-16-14-5-3-2-4-13(12)14/h2-5,8-9,11-12,16,18H,6-7,10H2,1H3. The van der Waals surface area contributed by atoms with Crippen molar-refractivity contribution in [2.45, 2.75) is 25.3 Å². The van der Waals surface area contributed by atoms with E-state index in [0.717, 1.165) is 13.1 Å². The average Bonchev–Trinajstić information content (AvgIpc) is 2.99. The van der Waals surface area contributed by atoms with Crippen molar-refractivity contribution in [3.8, 4) is 0 Å². The van der Waals surface area contributed by atoms with Gasteiger partial charge in [-0.05, 0) is 25.0 Å². The zero-order valence-corrected chi connectivity index (χ0v) is 11.9. The van der Waals surface area contributed by atoms with Gasteiger partial charge in [0.1, 0.15) is 5.01 Å². The van der Waals surface area contributed by atoms with Gasteiger partial charge in [0.25, 0.3) is 0 Å². The number of fused-ring (bicyclic) bond motifs is 1. The molecule has 1 aliphatic rings. The Morgan fingerprint density at radius 1 is 1.47 bits per heavy atom. The molecule has 1 aliphatic heterocycles. The van der Waals surface area contributed by atoms with Crippen LogP contribution in [-0.4, -0.2) is 18.1 Å². The number of hydrogen-bond donors (Lipinski definition) is 2. The van der Waals surface area contributed by atoms with Crippen molar-refractivity contribution in [3.63, 3.8) is 0 Å². The van der Waals surface area contributed by atoms with Crippen molar-refractivity contribution in [2.75, 3.05) is 18.4 Å². The highest BCUT2D eigenvalue weighted by Crippen LogP contribution is 2.31. The highest BCUT2D eigenvalue weighted by atomic mass is 32.1. The number of hydrogen-bond acceptors (Lipinski definition) is 4. The quantitative estimate of drug-likeness (QED) is 0.896. The van der Waals surface area contributed by atoms with Crippen molar-refractivity contribution in [3.05, 3.63) is 46.4 Å². The van der Waals surface area contributed by atoms with Gasteiger partial charge < -0.3 is 10.6 Å². The van der Waals surface area contributed by atoms with Crippen molar-refractivity contribution in [2.24, 2.45) is 0 Å². The largest absolute Gasteiger partial charge is 0.385 e. The summed E-state index contributed by atoms with van der Waals surface area (Å²) in [7, 11) is 0. The third-order valence-electron chi connectivity index (χ3n) is 3.70. The van der Waals surface area contributed by atoms with E-state index in [4.69, 9.17) is 0 Å². The number of thiazole rings is 1.